The summed E-state index contributed by atoms with van der Waals surface area (Å²) >= 11 is 0. The highest BCUT2D eigenvalue weighted by Gasteiger charge is 2.31. The Balaban J connectivity index is 1.41. The molecule has 0 aromatic heterocycles. The van der Waals surface area contributed by atoms with E-state index in [9.17, 15) is 0 Å². The fourth-order valence-electron chi connectivity index (χ4n) is 8.63. The number of fused-ring (bicyclic) bond motifs is 7. The van der Waals surface area contributed by atoms with Crippen LogP contribution in [0.3, 0.4) is 0 Å². The summed E-state index contributed by atoms with van der Waals surface area (Å²) in [6, 6.07) is 58.1. The molecule has 0 saturated carbocycles. The van der Waals surface area contributed by atoms with Crippen molar-refractivity contribution in [3.63, 3.8) is 0 Å². The van der Waals surface area contributed by atoms with Crippen LogP contribution in [0.2, 0.25) is 0 Å². The number of hydrogen-bond acceptors (Lipinski definition) is 0. The number of benzene rings is 9. The Bertz CT molecular complexity index is 2870. The third-order valence-electron chi connectivity index (χ3n) is 10.7. The molecule has 0 fully saturated rings. The van der Waals surface area contributed by atoms with E-state index >= 15 is 0 Å². The van der Waals surface area contributed by atoms with E-state index in [4.69, 9.17) is 0 Å². The van der Waals surface area contributed by atoms with Crippen molar-refractivity contribution in [3.8, 4) is 55.6 Å². The minimum absolute atomic E-state index is 1.09. The lowest BCUT2D eigenvalue weighted by Gasteiger charge is -2.22. The van der Waals surface area contributed by atoms with Gasteiger partial charge in [0.1, 0.15) is 0 Å². The van der Waals surface area contributed by atoms with E-state index in [1.54, 1.807) is 0 Å². The van der Waals surface area contributed by atoms with Gasteiger partial charge < -0.3 is 0 Å². The van der Waals surface area contributed by atoms with Gasteiger partial charge >= 0.3 is 0 Å². The molecule has 0 bridgehead atoms. The quantitative estimate of drug-likeness (QED) is 0.166. The summed E-state index contributed by atoms with van der Waals surface area (Å²) in [5.74, 6) is 0. The van der Waals surface area contributed by atoms with Gasteiger partial charge in [-0.25, -0.2) is 0 Å². The smallest absolute Gasteiger partial charge is 0.000719 e. The molecule has 9 aromatic carbocycles. The monoisotopic (exact) mass is 632 g/mol. The van der Waals surface area contributed by atoms with Gasteiger partial charge in [0.05, 0.1) is 0 Å². The van der Waals surface area contributed by atoms with E-state index in [1.807, 2.05) is 12.2 Å². The van der Waals surface area contributed by atoms with Gasteiger partial charge in [-0.1, -0.05) is 165 Å². The molecule has 1 aliphatic rings. The number of rotatable bonds is 5. The summed E-state index contributed by atoms with van der Waals surface area (Å²) in [5, 5.41) is 10.1. The average molecular weight is 633 g/mol. The zero-order valence-corrected chi connectivity index (χ0v) is 27.6. The molecule has 50 heavy (non-hydrogen) atoms. The molecule has 9 aromatic rings. The Kier molecular flexibility index (Phi) is 6.28. The predicted molar refractivity (Wildman–Crippen MR) is 217 cm³/mol. The fourth-order valence-corrected chi connectivity index (χ4v) is 8.63. The van der Waals surface area contributed by atoms with Crippen LogP contribution in [0.15, 0.2) is 171 Å². The standard InChI is InChI=1S/C50H32/c1-3-31-28-43(39-23-14-13-22-38(39)36(31)4-2)35-26-27-41-44(29-35)47(33-18-9-6-10-19-33)49-42-25-15-24-40-37-21-12-11-20-34(37)30-45(48(40)42)50(49)46(41)32-16-7-5-8-17-32/h3-30H,1-2H2. The van der Waals surface area contributed by atoms with Gasteiger partial charge in [-0.15, -0.1) is 0 Å². The van der Waals surface area contributed by atoms with Gasteiger partial charge in [0.15, 0.2) is 0 Å². The lowest BCUT2D eigenvalue weighted by molar-refractivity contribution is 1.61. The van der Waals surface area contributed by atoms with Crippen molar-refractivity contribution in [1.29, 1.82) is 0 Å². The van der Waals surface area contributed by atoms with Crippen molar-refractivity contribution in [2.75, 3.05) is 0 Å². The van der Waals surface area contributed by atoms with Crippen molar-refractivity contribution in [1.82, 2.24) is 0 Å². The molecule has 0 heterocycles. The van der Waals surface area contributed by atoms with E-state index in [0.29, 0.717) is 0 Å². The highest BCUT2D eigenvalue weighted by atomic mass is 14.3. The maximum atomic E-state index is 4.18. The highest BCUT2D eigenvalue weighted by molar-refractivity contribution is 6.31. The molecule has 0 saturated heterocycles. The van der Waals surface area contributed by atoms with Gasteiger partial charge in [0.25, 0.3) is 0 Å². The molecule has 232 valence electrons. The normalized spacial score (nSPS) is 11.8. The molecule has 10 rings (SSSR count). The first-order valence-corrected chi connectivity index (χ1v) is 17.3. The maximum absolute atomic E-state index is 4.18. The fraction of sp³-hybridized carbons (Fsp3) is 0. The average Bonchev–Trinajstić information content (AvgIpc) is 3.50. The van der Waals surface area contributed by atoms with Crippen molar-refractivity contribution < 1.29 is 0 Å². The second kappa shape index (κ2) is 11.0. The van der Waals surface area contributed by atoms with Crippen LogP contribution in [0.4, 0.5) is 0 Å². The largest absolute Gasteiger partial charge is 0.0984 e. The van der Waals surface area contributed by atoms with Crippen LogP contribution in [-0.2, 0) is 0 Å². The van der Waals surface area contributed by atoms with E-state index in [0.717, 1.165) is 11.1 Å². The van der Waals surface area contributed by atoms with Crippen molar-refractivity contribution in [3.05, 3.63) is 182 Å². The van der Waals surface area contributed by atoms with Crippen LogP contribution in [0, 0.1) is 0 Å². The molecule has 0 amide bonds. The second-order valence-electron chi connectivity index (χ2n) is 13.2. The van der Waals surface area contributed by atoms with Crippen molar-refractivity contribution >= 4 is 55.2 Å². The lowest BCUT2D eigenvalue weighted by Crippen LogP contribution is -1.95. The Hall–Kier alpha value is -6.50. The molecular weight excluding hydrogens is 601 g/mol. The molecule has 0 N–H and O–H groups in total. The molecule has 0 spiro atoms. The molecule has 0 radical (unpaired) electrons. The molecule has 0 nitrogen and oxygen atoms in total. The summed E-state index contributed by atoms with van der Waals surface area (Å²) < 4.78 is 0. The van der Waals surface area contributed by atoms with Gasteiger partial charge in [-0.3, -0.25) is 0 Å². The zero-order valence-electron chi connectivity index (χ0n) is 27.6. The third-order valence-corrected chi connectivity index (χ3v) is 10.7. The summed E-state index contributed by atoms with van der Waals surface area (Å²) in [7, 11) is 0. The molecule has 0 aliphatic heterocycles. The third kappa shape index (κ3) is 4.00. The second-order valence-corrected chi connectivity index (χ2v) is 13.2. The summed E-state index contributed by atoms with van der Waals surface area (Å²) in [6.45, 7) is 8.33. The minimum Gasteiger partial charge on any atom is -0.0984 e. The SMILES string of the molecule is C=Cc1cc(-c2ccc3c(-c4ccccc4)c4c(c(-c5ccccc5)c3c2)-c2cccc3c2c-4cc2ccccc23)c2ccccc2c1C=C. The van der Waals surface area contributed by atoms with E-state index in [1.165, 1.54) is 98.7 Å². The molecule has 0 atom stereocenters. The Morgan fingerprint density at radius 1 is 0.340 bits per heavy atom. The van der Waals surface area contributed by atoms with Crippen LogP contribution >= 0.6 is 0 Å². The first-order valence-electron chi connectivity index (χ1n) is 17.3. The van der Waals surface area contributed by atoms with Gasteiger partial charge in [0, 0.05) is 0 Å². The van der Waals surface area contributed by atoms with Crippen LogP contribution in [0.5, 0.6) is 0 Å². The first kappa shape index (κ1) is 28.5. The van der Waals surface area contributed by atoms with Crippen molar-refractivity contribution in [2.24, 2.45) is 0 Å². The maximum Gasteiger partial charge on any atom is -0.000719 e. The van der Waals surface area contributed by atoms with Crippen LogP contribution < -0.4 is 0 Å². The molecular formula is C50H32. The topological polar surface area (TPSA) is 0 Å². The lowest BCUT2D eigenvalue weighted by atomic mass is 9.81. The van der Waals surface area contributed by atoms with Crippen molar-refractivity contribution in [2.45, 2.75) is 0 Å². The Morgan fingerprint density at radius 2 is 0.960 bits per heavy atom. The predicted octanol–water partition coefficient (Wildman–Crippen LogP) is 14.2. The first-order chi connectivity index (χ1) is 24.7. The van der Waals surface area contributed by atoms with Crippen LogP contribution in [0.1, 0.15) is 11.1 Å². The Morgan fingerprint density at radius 3 is 1.68 bits per heavy atom. The molecule has 0 unspecified atom stereocenters. The number of hydrogen-bond donors (Lipinski definition) is 0. The van der Waals surface area contributed by atoms with Gasteiger partial charge in [0.2, 0.25) is 0 Å². The zero-order chi connectivity index (χ0) is 33.3. The highest BCUT2D eigenvalue weighted by Crippen LogP contribution is 2.59. The van der Waals surface area contributed by atoms with Crippen LogP contribution in [-0.4, -0.2) is 0 Å². The summed E-state index contributed by atoms with van der Waals surface area (Å²) in [4.78, 5) is 0. The van der Waals surface area contributed by atoms with E-state index in [-0.39, 0.29) is 0 Å². The Labute approximate surface area is 291 Å². The molecule has 0 heteroatoms. The van der Waals surface area contributed by atoms with Gasteiger partial charge in [-0.2, -0.15) is 0 Å². The summed E-state index contributed by atoms with van der Waals surface area (Å²) in [5.41, 5.74) is 14.8. The molecule has 1 aliphatic carbocycles. The van der Waals surface area contributed by atoms with Crippen LogP contribution in [0.25, 0.3) is 111 Å². The van der Waals surface area contributed by atoms with Gasteiger partial charge in [-0.05, 0) is 128 Å². The van der Waals surface area contributed by atoms with E-state index < -0.39 is 0 Å². The van der Waals surface area contributed by atoms with E-state index in [2.05, 4.69) is 171 Å². The summed E-state index contributed by atoms with van der Waals surface area (Å²) in [6.07, 6.45) is 3.90. The minimum atomic E-state index is 1.09.